The van der Waals surface area contributed by atoms with E-state index in [1.165, 1.54) is 0 Å². The van der Waals surface area contributed by atoms with E-state index in [4.69, 9.17) is 27.9 Å². The Balaban J connectivity index is 0.00000225. The predicted molar refractivity (Wildman–Crippen MR) is 104 cm³/mol. The van der Waals surface area contributed by atoms with Crippen LogP contribution >= 0.6 is 35.6 Å². The zero-order chi connectivity index (χ0) is 16.9. The average molecular weight is 402 g/mol. The summed E-state index contributed by atoms with van der Waals surface area (Å²) in [6, 6.07) is 13.0. The van der Waals surface area contributed by atoms with Crippen molar-refractivity contribution in [3.63, 3.8) is 0 Å². The van der Waals surface area contributed by atoms with E-state index >= 15 is 0 Å². The molecule has 0 spiro atoms. The molecule has 2 aromatic carbocycles. The number of hydrogen-bond donors (Lipinski definition) is 2. The molecular formula is C18H19Cl3N2O2. The van der Waals surface area contributed by atoms with Gasteiger partial charge in [-0.25, -0.2) is 0 Å². The number of carbonyl (C=O) groups is 1. The van der Waals surface area contributed by atoms with E-state index < -0.39 is 0 Å². The molecule has 1 atom stereocenters. The van der Waals surface area contributed by atoms with Gasteiger partial charge in [0.05, 0.1) is 13.2 Å². The average Bonchev–Trinajstić information content (AvgIpc) is 2.61. The van der Waals surface area contributed by atoms with Crippen LogP contribution in [0.25, 0.3) is 11.1 Å². The topological polar surface area (TPSA) is 50.4 Å². The Hall–Kier alpha value is -1.30. The van der Waals surface area contributed by atoms with E-state index in [2.05, 4.69) is 10.6 Å². The maximum Gasteiger partial charge on any atom is 0.239 e. The molecule has 0 bridgehead atoms. The first kappa shape index (κ1) is 20.0. The van der Waals surface area contributed by atoms with Crippen LogP contribution in [-0.2, 0) is 16.1 Å². The minimum absolute atomic E-state index is 0. The number of carbonyl (C=O) groups excluding carboxylic acids is 1. The van der Waals surface area contributed by atoms with Crippen molar-refractivity contribution in [2.24, 2.45) is 0 Å². The van der Waals surface area contributed by atoms with Crippen molar-refractivity contribution in [1.82, 2.24) is 10.6 Å². The number of morpholine rings is 1. The van der Waals surface area contributed by atoms with E-state index in [0.29, 0.717) is 36.3 Å². The summed E-state index contributed by atoms with van der Waals surface area (Å²) in [6.07, 6.45) is 0. The van der Waals surface area contributed by atoms with Crippen LogP contribution in [0.15, 0.2) is 42.5 Å². The van der Waals surface area contributed by atoms with Crippen LogP contribution in [0.1, 0.15) is 5.56 Å². The third-order valence-electron chi connectivity index (χ3n) is 3.93. The van der Waals surface area contributed by atoms with E-state index in [1.54, 1.807) is 12.1 Å². The molecular weight excluding hydrogens is 383 g/mol. The molecule has 3 rings (SSSR count). The number of rotatable bonds is 4. The molecule has 0 radical (unpaired) electrons. The first-order valence-electron chi connectivity index (χ1n) is 7.77. The smallest absolute Gasteiger partial charge is 0.239 e. The summed E-state index contributed by atoms with van der Waals surface area (Å²) in [5.41, 5.74) is 2.86. The molecule has 0 aromatic heterocycles. The number of hydrogen-bond acceptors (Lipinski definition) is 3. The molecule has 4 nitrogen and oxygen atoms in total. The van der Waals surface area contributed by atoms with Crippen LogP contribution in [0, 0.1) is 0 Å². The largest absolute Gasteiger partial charge is 0.378 e. The number of benzene rings is 2. The Morgan fingerprint density at radius 3 is 2.72 bits per heavy atom. The van der Waals surface area contributed by atoms with Gasteiger partial charge in [-0.3, -0.25) is 4.79 Å². The monoisotopic (exact) mass is 400 g/mol. The standard InChI is InChI=1S/C18H18Cl2N2O2.ClH/c19-13-5-6-15(16(20)9-13)14-4-2-1-3-12(14)10-22-18(23)17-11-24-8-7-21-17;/h1-6,9,17,21H,7-8,10-11H2,(H,22,23);1H. The van der Waals surface area contributed by atoms with Crippen LogP contribution in [0.5, 0.6) is 0 Å². The van der Waals surface area contributed by atoms with Gasteiger partial charge >= 0.3 is 0 Å². The zero-order valence-electron chi connectivity index (χ0n) is 13.4. The number of amides is 1. The Morgan fingerprint density at radius 1 is 1.20 bits per heavy atom. The van der Waals surface area contributed by atoms with Gasteiger partial charge in [-0.15, -0.1) is 12.4 Å². The highest BCUT2D eigenvalue weighted by atomic mass is 35.5. The SMILES string of the molecule is Cl.O=C(NCc1ccccc1-c1ccc(Cl)cc1Cl)C1COCCN1. The second-order valence-corrected chi connectivity index (χ2v) is 6.42. The second kappa shape index (κ2) is 9.41. The van der Waals surface area contributed by atoms with Crippen LogP contribution in [0.4, 0.5) is 0 Å². The maximum absolute atomic E-state index is 12.2. The molecule has 1 heterocycles. The minimum Gasteiger partial charge on any atom is -0.378 e. The van der Waals surface area contributed by atoms with Crippen LogP contribution in [0.2, 0.25) is 10.0 Å². The predicted octanol–water partition coefficient (Wildman–Crippen LogP) is 3.69. The van der Waals surface area contributed by atoms with Crippen molar-refractivity contribution < 1.29 is 9.53 Å². The van der Waals surface area contributed by atoms with Crippen molar-refractivity contribution in [3.8, 4) is 11.1 Å². The van der Waals surface area contributed by atoms with Crippen molar-refractivity contribution in [3.05, 3.63) is 58.1 Å². The van der Waals surface area contributed by atoms with Gasteiger partial charge in [0.1, 0.15) is 6.04 Å². The molecule has 2 N–H and O–H groups in total. The van der Waals surface area contributed by atoms with E-state index in [9.17, 15) is 4.79 Å². The van der Waals surface area contributed by atoms with Crippen molar-refractivity contribution in [1.29, 1.82) is 0 Å². The molecule has 7 heteroatoms. The van der Waals surface area contributed by atoms with Crippen molar-refractivity contribution in [2.45, 2.75) is 12.6 Å². The third kappa shape index (κ3) is 5.09. The molecule has 1 fully saturated rings. The lowest BCUT2D eigenvalue weighted by atomic mass is 9.99. The molecule has 1 amide bonds. The van der Waals surface area contributed by atoms with Gasteiger partial charge in [-0.2, -0.15) is 0 Å². The quantitative estimate of drug-likeness (QED) is 0.821. The number of ether oxygens (including phenoxy) is 1. The van der Waals surface area contributed by atoms with Gasteiger partial charge < -0.3 is 15.4 Å². The van der Waals surface area contributed by atoms with Gasteiger partial charge in [-0.1, -0.05) is 53.5 Å². The lowest BCUT2D eigenvalue weighted by molar-refractivity contribution is -0.126. The maximum atomic E-state index is 12.2. The fourth-order valence-corrected chi connectivity index (χ4v) is 3.19. The molecule has 1 aliphatic rings. The minimum atomic E-state index is -0.301. The Morgan fingerprint density at radius 2 is 2.00 bits per heavy atom. The Kier molecular flexibility index (Phi) is 7.54. The molecule has 25 heavy (non-hydrogen) atoms. The van der Waals surface area contributed by atoms with Gasteiger partial charge in [0, 0.05) is 28.7 Å². The van der Waals surface area contributed by atoms with Crippen LogP contribution < -0.4 is 10.6 Å². The summed E-state index contributed by atoms with van der Waals surface area (Å²) >= 11 is 12.3. The summed E-state index contributed by atoms with van der Waals surface area (Å²) in [6.45, 7) is 2.15. The Bertz CT molecular complexity index is 734. The van der Waals surface area contributed by atoms with Crippen LogP contribution in [0.3, 0.4) is 0 Å². The first-order chi connectivity index (χ1) is 11.6. The van der Waals surface area contributed by atoms with E-state index in [1.807, 2.05) is 30.3 Å². The molecule has 134 valence electrons. The highest BCUT2D eigenvalue weighted by molar-refractivity contribution is 6.36. The van der Waals surface area contributed by atoms with Gasteiger partial charge in [0.2, 0.25) is 5.91 Å². The van der Waals surface area contributed by atoms with Gasteiger partial charge in [-0.05, 0) is 23.3 Å². The summed E-state index contributed by atoms with van der Waals surface area (Å²) in [5.74, 6) is -0.0632. The lowest BCUT2D eigenvalue weighted by Gasteiger charge is -2.23. The Labute approximate surface area is 163 Å². The highest BCUT2D eigenvalue weighted by Crippen LogP contribution is 2.32. The number of nitrogens with one attached hydrogen (secondary N) is 2. The molecule has 1 saturated heterocycles. The van der Waals surface area contributed by atoms with Crippen molar-refractivity contribution in [2.75, 3.05) is 19.8 Å². The number of halogens is 3. The van der Waals surface area contributed by atoms with E-state index in [-0.39, 0.29) is 24.4 Å². The second-order valence-electron chi connectivity index (χ2n) is 5.58. The molecule has 0 aliphatic carbocycles. The fraction of sp³-hybridized carbons (Fsp3) is 0.278. The summed E-state index contributed by atoms with van der Waals surface area (Å²) in [4.78, 5) is 12.2. The van der Waals surface area contributed by atoms with Crippen LogP contribution in [-0.4, -0.2) is 31.7 Å². The molecule has 1 aliphatic heterocycles. The van der Waals surface area contributed by atoms with E-state index in [0.717, 1.165) is 16.7 Å². The zero-order valence-corrected chi connectivity index (χ0v) is 15.8. The molecule has 1 unspecified atom stereocenters. The summed E-state index contributed by atoms with van der Waals surface area (Å²) in [7, 11) is 0. The lowest BCUT2D eigenvalue weighted by Crippen LogP contribution is -2.51. The summed E-state index contributed by atoms with van der Waals surface area (Å²) in [5, 5.41) is 7.29. The third-order valence-corrected chi connectivity index (χ3v) is 4.48. The highest BCUT2D eigenvalue weighted by Gasteiger charge is 2.21. The summed E-state index contributed by atoms with van der Waals surface area (Å²) < 4.78 is 5.32. The first-order valence-corrected chi connectivity index (χ1v) is 8.53. The van der Waals surface area contributed by atoms with Gasteiger partial charge in [0.15, 0.2) is 0 Å². The fourth-order valence-electron chi connectivity index (χ4n) is 2.68. The normalized spacial score (nSPS) is 16.8. The molecule has 2 aromatic rings. The van der Waals surface area contributed by atoms with Gasteiger partial charge in [0.25, 0.3) is 0 Å². The van der Waals surface area contributed by atoms with Crippen molar-refractivity contribution >= 4 is 41.5 Å². The molecule has 0 saturated carbocycles.